The predicted molar refractivity (Wildman–Crippen MR) is 73.6 cm³/mol. The number of hydrogen-bond donors (Lipinski definition) is 1. The molecule has 2 rings (SSSR count). The summed E-state index contributed by atoms with van der Waals surface area (Å²) in [5.74, 6) is -0.205. The van der Waals surface area contributed by atoms with Crippen LogP contribution in [0.25, 0.3) is 0 Å². The Morgan fingerprint density at radius 3 is 2.50 bits per heavy atom. The monoisotopic (exact) mass is 269 g/mol. The van der Waals surface area contributed by atoms with E-state index in [-0.39, 0.29) is 18.2 Å². The topological polar surface area (TPSA) is 29.9 Å². The standard InChI is InChI=1S/C13H16FN3.ClH/c1-3-17-10(2)13(9-16-17)15-8-11-4-6-12(14)7-5-11;/h4-7,9,15H,3,8H2,1-2H3;1H. The van der Waals surface area contributed by atoms with Gasteiger partial charge >= 0.3 is 0 Å². The third-order valence-corrected chi connectivity index (χ3v) is 2.80. The van der Waals surface area contributed by atoms with E-state index in [4.69, 9.17) is 0 Å². The van der Waals surface area contributed by atoms with Gasteiger partial charge in [-0.25, -0.2) is 4.39 Å². The van der Waals surface area contributed by atoms with Gasteiger partial charge in [-0.1, -0.05) is 12.1 Å². The molecule has 0 bridgehead atoms. The Balaban J connectivity index is 0.00000162. The zero-order valence-electron chi connectivity index (χ0n) is 10.5. The summed E-state index contributed by atoms with van der Waals surface area (Å²) in [6.07, 6.45) is 1.82. The van der Waals surface area contributed by atoms with Gasteiger partial charge in [0.1, 0.15) is 5.82 Å². The van der Waals surface area contributed by atoms with Crippen LogP contribution in [0.1, 0.15) is 18.2 Å². The maximum absolute atomic E-state index is 12.7. The normalized spacial score (nSPS) is 9.94. The Hall–Kier alpha value is -1.55. The van der Waals surface area contributed by atoms with Crippen LogP contribution in [-0.4, -0.2) is 9.78 Å². The van der Waals surface area contributed by atoms with E-state index in [2.05, 4.69) is 17.3 Å². The number of anilines is 1. The van der Waals surface area contributed by atoms with Crippen molar-refractivity contribution in [1.82, 2.24) is 9.78 Å². The molecule has 1 heterocycles. The van der Waals surface area contributed by atoms with Gasteiger partial charge in [-0.2, -0.15) is 5.10 Å². The van der Waals surface area contributed by atoms with E-state index >= 15 is 0 Å². The second-order valence-corrected chi connectivity index (χ2v) is 3.94. The summed E-state index contributed by atoms with van der Waals surface area (Å²) in [7, 11) is 0. The summed E-state index contributed by atoms with van der Waals surface area (Å²) in [5.41, 5.74) is 3.20. The second-order valence-electron chi connectivity index (χ2n) is 3.94. The SMILES string of the molecule is CCn1ncc(NCc2ccc(F)cc2)c1C.Cl. The maximum Gasteiger partial charge on any atom is 0.123 e. The van der Waals surface area contributed by atoms with Crippen LogP contribution in [-0.2, 0) is 13.1 Å². The molecule has 0 amide bonds. The molecule has 2 aromatic rings. The van der Waals surface area contributed by atoms with Crippen LogP contribution in [0.3, 0.4) is 0 Å². The molecular weight excluding hydrogens is 253 g/mol. The van der Waals surface area contributed by atoms with Gasteiger partial charge in [0, 0.05) is 13.1 Å². The quantitative estimate of drug-likeness (QED) is 0.922. The first-order chi connectivity index (χ1) is 8.20. The minimum atomic E-state index is -0.205. The summed E-state index contributed by atoms with van der Waals surface area (Å²) in [6, 6.07) is 6.50. The van der Waals surface area contributed by atoms with E-state index in [1.165, 1.54) is 12.1 Å². The molecule has 0 spiro atoms. The first-order valence-electron chi connectivity index (χ1n) is 5.71. The molecule has 0 aliphatic rings. The van der Waals surface area contributed by atoms with Gasteiger partial charge in [0.15, 0.2) is 0 Å². The number of aromatic nitrogens is 2. The highest BCUT2D eigenvalue weighted by atomic mass is 35.5. The van der Waals surface area contributed by atoms with Crippen molar-refractivity contribution in [3.8, 4) is 0 Å². The van der Waals surface area contributed by atoms with Crippen molar-refractivity contribution in [2.75, 3.05) is 5.32 Å². The zero-order valence-corrected chi connectivity index (χ0v) is 11.3. The number of halogens is 2. The molecule has 1 aromatic heterocycles. The number of nitrogens with one attached hydrogen (secondary N) is 1. The van der Waals surface area contributed by atoms with E-state index in [0.717, 1.165) is 23.5 Å². The van der Waals surface area contributed by atoms with Gasteiger partial charge < -0.3 is 5.32 Å². The maximum atomic E-state index is 12.7. The largest absolute Gasteiger partial charge is 0.378 e. The molecule has 0 fully saturated rings. The molecule has 0 aliphatic heterocycles. The molecule has 0 saturated carbocycles. The van der Waals surface area contributed by atoms with Crippen molar-refractivity contribution < 1.29 is 4.39 Å². The fourth-order valence-corrected chi connectivity index (χ4v) is 1.74. The lowest BCUT2D eigenvalue weighted by molar-refractivity contribution is 0.627. The third-order valence-electron chi connectivity index (χ3n) is 2.80. The zero-order chi connectivity index (χ0) is 12.3. The van der Waals surface area contributed by atoms with E-state index in [1.54, 1.807) is 12.1 Å². The van der Waals surface area contributed by atoms with Crippen molar-refractivity contribution >= 4 is 18.1 Å². The van der Waals surface area contributed by atoms with Crippen molar-refractivity contribution in [3.05, 3.63) is 47.5 Å². The lowest BCUT2D eigenvalue weighted by Gasteiger charge is -2.06. The Morgan fingerprint density at radius 2 is 1.94 bits per heavy atom. The van der Waals surface area contributed by atoms with Crippen LogP contribution in [0.5, 0.6) is 0 Å². The lowest BCUT2D eigenvalue weighted by Crippen LogP contribution is -2.02. The Bertz CT molecular complexity index is 493. The van der Waals surface area contributed by atoms with Crippen LogP contribution in [0.15, 0.2) is 30.5 Å². The van der Waals surface area contributed by atoms with Crippen molar-refractivity contribution in [1.29, 1.82) is 0 Å². The third kappa shape index (κ3) is 3.23. The fourth-order valence-electron chi connectivity index (χ4n) is 1.74. The van der Waals surface area contributed by atoms with Crippen molar-refractivity contribution in [3.63, 3.8) is 0 Å². The first-order valence-corrected chi connectivity index (χ1v) is 5.71. The molecule has 18 heavy (non-hydrogen) atoms. The van der Waals surface area contributed by atoms with E-state index in [0.29, 0.717) is 6.54 Å². The number of hydrogen-bond acceptors (Lipinski definition) is 2. The van der Waals surface area contributed by atoms with E-state index in [1.807, 2.05) is 17.8 Å². The van der Waals surface area contributed by atoms with Gasteiger partial charge in [-0.15, -0.1) is 12.4 Å². The number of benzene rings is 1. The molecule has 0 saturated heterocycles. The molecular formula is C13H17ClFN3. The first kappa shape index (κ1) is 14.5. The summed E-state index contributed by atoms with van der Waals surface area (Å²) in [4.78, 5) is 0. The van der Waals surface area contributed by atoms with Gasteiger partial charge in [0.05, 0.1) is 17.6 Å². The Kier molecular flexibility index (Phi) is 5.16. The minimum Gasteiger partial charge on any atom is -0.378 e. The van der Waals surface area contributed by atoms with Crippen LogP contribution < -0.4 is 5.32 Å². The molecule has 5 heteroatoms. The lowest BCUT2D eigenvalue weighted by atomic mass is 10.2. The number of nitrogens with zero attached hydrogens (tertiary/aromatic N) is 2. The van der Waals surface area contributed by atoms with Crippen LogP contribution >= 0.6 is 12.4 Å². The smallest absolute Gasteiger partial charge is 0.123 e. The molecule has 1 aromatic carbocycles. The van der Waals surface area contributed by atoms with Crippen LogP contribution in [0, 0.1) is 12.7 Å². The molecule has 0 aliphatic carbocycles. The minimum absolute atomic E-state index is 0. The molecule has 0 unspecified atom stereocenters. The number of aryl methyl sites for hydroxylation is 1. The van der Waals surface area contributed by atoms with Gasteiger partial charge in [0.2, 0.25) is 0 Å². The van der Waals surface area contributed by atoms with E-state index in [9.17, 15) is 4.39 Å². The van der Waals surface area contributed by atoms with Gasteiger partial charge in [0.25, 0.3) is 0 Å². The van der Waals surface area contributed by atoms with E-state index < -0.39 is 0 Å². The summed E-state index contributed by atoms with van der Waals surface area (Å²) >= 11 is 0. The molecule has 98 valence electrons. The Morgan fingerprint density at radius 1 is 1.28 bits per heavy atom. The molecule has 3 nitrogen and oxygen atoms in total. The summed E-state index contributed by atoms with van der Waals surface area (Å²) < 4.78 is 14.7. The molecule has 0 radical (unpaired) electrons. The average Bonchev–Trinajstić information content (AvgIpc) is 2.69. The Labute approximate surface area is 112 Å². The summed E-state index contributed by atoms with van der Waals surface area (Å²) in [5, 5.41) is 7.55. The average molecular weight is 270 g/mol. The highest BCUT2D eigenvalue weighted by Gasteiger charge is 2.04. The van der Waals surface area contributed by atoms with Crippen molar-refractivity contribution in [2.24, 2.45) is 0 Å². The van der Waals surface area contributed by atoms with Gasteiger partial charge in [-0.3, -0.25) is 4.68 Å². The summed E-state index contributed by atoms with van der Waals surface area (Å²) in [6.45, 7) is 5.63. The van der Waals surface area contributed by atoms with Gasteiger partial charge in [-0.05, 0) is 31.5 Å². The number of rotatable bonds is 4. The van der Waals surface area contributed by atoms with Crippen molar-refractivity contribution in [2.45, 2.75) is 26.9 Å². The second kappa shape index (κ2) is 6.40. The molecule has 0 atom stereocenters. The fraction of sp³-hybridized carbons (Fsp3) is 0.308. The predicted octanol–water partition coefficient (Wildman–Crippen LogP) is 3.38. The van der Waals surface area contributed by atoms with Crippen LogP contribution in [0.4, 0.5) is 10.1 Å². The highest BCUT2D eigenvalue weighted by Crippen LogP contribution is 2.14. The van der Waals surface area contributed by atoms with Crippen LogP contribution in [0.2, 0.25) is 0 Å². The molecule has 1 N–H and O–H groups in total. The highest BCUT2D eigenvalue weighted by molar-refractivity contribution is 5.85.